The van der Waals surface area contributed by atoms with Gasteiger partial charge in [0.05, 0.1) is 72.9 Å². The van der Waals surface area contributed by atoms with E-state index in [4.69, 9.17) is 19.2 Å². The van der Waals surface area contributed by atoms with Gasteiger partial charge in [-0.1, -0.05) is 67.0 Å². The lowest BCUT2D eigenvalue weighted by atomic mass is 9.85. The van der Waals surface area contributed by atoms with Gasteiger partial charge < -0.3 is 54.3 Å². The Morgan fingerprint density at radius 1 is 0.918 bits per heavy atom. The number of nitrogens with zero attached hydrogens (tertiary/aromatic N) is 5. The minimum atomic E-state index is -1.47. The molecule has 390 valence electrons. The number of H-pyrrole nitrogens is 2. The fourth-order valence-electron chi connectivity index (χ4n) is 11.0. The first-order valence-electron chi connectivity index (χ1n) is 25.6. The zero-order chi connectivity index (χ0) is 52.0. The number of ether oxygens (including phenoxy) is 3. The monoisotopic (exact) mass is 1010 g/mol. The van der Waals surface area contributed by atoms with Crippen LogP contribution in [0.4, 0.5) is 18.4 Å². The number of alkyl halides is 2. The second-order valence-electron chi connectivity index (χ2n) is 20.9. The average molecular weight is 1010 g/mol. The molecular formula is C54H67F2N9O8. The first-order valence-corrected chi connectivity index (χ1v) is 25.6. The van der Waals surface area contributed by atoms with E-state index in [1.54, 1.807) is 45.0 Å². The lowest BCUT2D eigenvalue weighted by Crippen LogP contribution is -2.51. The van der Waals surface area contributed by atoms with Crippen LogP contribution in [0.3, 0.4) is 0 Å². The molecule has 2 saturated heterocycles. The summed E-state index contributed by atoms with van der Waals surface area (Å²) < 4.78 is 52.5. The van der Waals surface area contributed by atoms with Crippen LogP contribution in [-0.4, -0.2) is 115 Å². The van der Waals surface area contributed by atoms with Crippen molar-refractivity contribution in [2.45, 2.75) is 123 Å². The number of hydrogen-bond donors (Lipinski definition) is 5. The fourth-order valence-corrected chi connectivity index (χ4v) is 11.0. The summed E-state index contributed by atoms with van der Waals surface area (Å²) in [5.74, 6) is 0.736. The highest BCUT2D eigenvalue weighted by Crippen LogP contribution is 2.49. The van der Waals surface area contributed by atoms with Crippen molar-refractivity contribution in [1.29, 1.82) is 0 Å². The number of aromatic amines is 2. The normalized spacial score (nSPS) is 25.5. The van der Waals surface area contributed by atoms with E-state index in [1.165, 1.54) is 12.0 Å². The van der Waals surface area contributed by atoms with Crippen LogP contribution < -0.4 is 10.6 Å². The molecule has 0 radical (unpaired) electrons. The molecule has 0 saturated carbocycles. The van der Waals surface area contributed by atoms with Crippen molar-refractivity contribution in [2.24, 2.45) is 29.6 Å². The number of carbonyl (C=O) groups excluding carboxylic acids is 3. The predicted octanol–water partition coefficient (Wildman–Crippen LogP) is 9.54. The summed E-state index contributed by atoms with van der Waals surface area (Å²) >= 11 is 0. The number of imidazole rings is 2. The Labute approximate surface area is 423 Å². The third-order valence-electron chi connectivity index (χ3n) is 14.9. The van der Waals surface area contributed by atoms with Crippen LogP contribution >= 0.6 is 0 Å². The standard InChI is InChI=1S/C54H67F2N9O8/c1-9-10-15-72-35-13-11-30(7)36(22-35)52-65-40-14-12-31(38-23-57-49(59-38)43-21-34(55)26-64(43)51(67)47(28(4)5)62-54(70)71-8)17-33(40)19-41(65)45-37(56)18-32(20-44(45)73-52)39-24-58-48(60-39)42-16-29(6)25-63(42)50(66)46(27(2)3)61-53(68)69/h11-14,17,19-20,22-24,27-30,34,36-37,42-43,46-47,52,61H,9-10,15-16,18,21,25-26H2,1-8H3,(H,57,59)(H,58,60)(H,62,70)(H,68,69). The third-order valence-corrected chi connectivity index (χ3v) is 14.9. The maximum absolute atomic E-state index is 17.3. The number of benzene rings is 1. The van der Waals surface area contributed by atoms with Crippen molar-refractivity contribution in [3.63, 3.8) is 0 Å². The molecule has 2 fully saturated rings. The van der Waals surface area contributed by atoms with Crippen molar-refractivity contribution in [2.75, 3.05) is 26.8 Å². The summed E-state index contributed by atoms with van der Waals surface area (Å²) in [7, 11) is 1.22. The van der Waals surface area contributed by atoms with Gasteiger partial charge >= 0.3 is 12.2 Å². The summed E-state index contributed by atoms with van der Waals surface area (Å²) in [5.41, 5.74) is 4.59. The van der Waals surface area contributed by atoms with Crippen molar-refractivity contribution in [1.82, 2.24) is 44.9 Å². The Hall–Kier alpha value is -6.92. The number of likely N-dealkylation sites (tertiary alicyclic amines) is 2. The van der Waals surface area contributed by atoms with Gasteiger partial charge in [0.1, 0.15) is 47.6 Å². The number of aromatic nitrogens is 5. The SMILES string of the molecule is CCCCOC1=CC(C2OC3=C(c4cc5cc(-c6cnc(C7CC(F)CN7C(=O)C(NC(=O)OC)C(C)C)[nH]6)ccc5n42)C(F)CC(c2cnc(C4CC(C)CN4C(=O)C(NC(=O)O)C(C)C)[nH]2)=C3)C(C)C=C1. The minimum absolute atomic E-state index is 0.0144. The van der Waals surface area contributed by atoms with Gasteiger partial charge in [0.25, 0.3) is 0 Å². The number of methoxy groups -OCH3 is 1. The van der Waals surface area contributed by atoms with Crippen LogP contribution in [0.1, 0.15) is 122 Å². The number of hydrogen-bond acceptors (Lipinski definition) is 9. The number of alkyl carbamates (subject to hydrolysis) is 1. The predicted molar refractivity (Wildman–Crippen MR) is 270 cm³/mol. The van der Waals surface area contributed by atoms with Crippen LogP contribution in [0.25, 0.3) is 33.3 Å². The molecule has 1 aromatic carbocycles. The van der Waals surface area contributed by atoms with Crippen LogP contribution in [0.5, 0.6) is 0 Å². The van der Waals surface area contributed by atoms with Crippen molar-refractivity contribution >= 4 is 46.0 Å². The zero-order valence-electron chi connectivity index (χ0n) is 42.7. The number of carboxylic acid groups (broad SMARTS) is 1. The van der Waals surface area contributed by atoms with Crippen molar-refractivity contribution in [3.05, 3.63) is 95.5 Å². The third kappa shape index (κ3) is 10.1. The van der Waals surface area contributed by atoms with Crippen LogP contribution in [0.15, 0.2) is 72.5 Å². The first-order chi connectivity index (χ1) is 34.9. The second-order valence-corrected chi connectivity index (χ2v) is 20.9. The van der Waals surface area contributed by atoms with Crippen molar-refractivity contribution < 1.29 is 47.3 Å². The molecule has 5 N–H and O–H groups in total. The van der Waals surface area contributed by atoms with Gasteiger partial charge in [0.2, 0.25) is 11.8 Å². The summed E-state index contributed by atoms with van der Waals surface area (Å²) in [6, 6.07) is 4.95. The van der Waals surface area contributed by atoms with Crippen LogP contribution in [-0.2, 0) is 23.8 Å². The molecule has 5 aliphatic rings. The summed E-state index contributed by atoms with van der Waals surface area (Å²) in [4.78, 5) is 70.8. The van der Waals surface area contributed by atoms with Crippen molar-refractivity contribution in [3.8, 4) is 11.3 Å². The fraction of sp³-hybridized carbons (Fsp3) is 0.519. The lowest BCUT2D eigenvalue weighted by molar-refractivity contribution is -0.136. The molecule has 0 spiro atoms. The quantitative estimate of drug-likeness (QED) is 0.0713. The molecule has 0 bridgehead atoms. The van der Waals surface area contributed by atoms with E-state index in [-0.39, 0.29) is 54.9 Å². The second kappa shape index (κ2) is 20.9. The Morgan fingerprint density at radius 2 is 1.59 bits per heavy atom. The van der Waals surface area contributed by atoms with E-state index < -0.39 is 60.8 Å². The van der Waals surface area contributed by atoms with E-state index in [0.717, 1.165) is 35.1 Å². The van der Waals surface area contributed by atoms with Gasteiger partial charge in [-0.25, -0.2) is 28.3 Å². The summed E-state index contributed by atoms with van der Waals surface area (Å²) in [6.07, 6.45) is 8.62. The van der Waals surface area contributed by atoms with Gasteiger partial charge in [-0.05, 0) is 78.5 Å². The van der Waals surface area contributed by atoms with Gasteiger partial charge in [-0.15, -0.1) is 0 Å². The molecule has 17 nitrogen and oxygen atoms in total. The molecule has 6 heterocycles. The van der Waals surface area contributed by atoms with E-state index in [2.05, 4.69) is 56.2 Å². The number of halogens is 2. The Balaban J connectivity index is 1.06. The van der Waals surface area contributed by atoms with Gasteiger partial charge in [-0.2, -0.15) is 0 Å². The average Bonchev–Trinajstić information content (AvgIpc) is 4.22. The van der Waals surface area contributed by atoms with E-state index in [9.17, 15) is 24.3 Å². The highest BCUT2D eigenvalue weighted by molar-refractivity contribution is 5.93. The maximum Gasteiger partial charge on any atom is 0.407 e. The number of nitrogens with one attached hydrogen (secondary N) is 4. The van der Waals surface area contributed by atoms with Gasteiger partial charge in [-0.3, -0.25) is 9.59 Å². The molecule has 9 rings (SSSR count). The first kappa shape index (κ1) is 51.0. The molecule has 4 aromatic rings. The Morgan fingerprint density at radius 3 is 2.27 bits per heavy atom. The number of carbonyl (C=O) groups is 4. The molecule has 3 aromatic heterocycles. The minimum Gasteiger partial charge on any atom is -0.494 e. The van der Waals surface area contributed by atoms with Crippen LogP contribution in [0.2, 0.25) is 0 Å². The smallest absolute Gasteiger partial charge is 0.407 e. The molecule has 2 aliphatic carbocycles. The number of unbranched alkanes of at least 4 members (excludes halogenated alkanes) is 1. The maximum atomic E-state index is 17.3. The van der Waals surface area contributed by atoms with E-state index in [1.807, 2.05) is 43.3 Å². The Kier molecular flexibility index (Phi) is 14.6. The molecule has 10 atom stereocenters. The molecule has 73 heavy (non-hydrogen) atoms. The lowest BCUT2D eigenvalue weighted by Gasteiger charge is -2.39. The molecular weight excluding hydrogens is 941 g/mol. The molecule has 10 unspecified atom stereocenters. The molecule has 4 amide bonds. The largest absolute Gasteiger partial charge is 0.494 e. The van der Waals surface area contributed by atoms with Crippen LogP contribution in [0, 0.1) is 29.6 Å². The van der Waals surface area contributed by atoms with E-state index in [0.29, 0.717) is 65.2 Å². The topological polar surface area (TPSA) is 209 Å². The Bertz CT molecular complexity index is 2880. The molecule has 19 heteroatoms. The summed E-state index contributed by atoms with van der Waals surface area (Å²) in [6.45, 7) is 14.4. The highest BCUT2D eigenvalue weighted by Gasteiger charge is 2.44. The number of allylic oxidation sites excluding steroid dienone is 5. The van der Waals surface area contributed by atoms with Gasteiger partial charge in [0, 0.05) is 36.3 Å². The number of amides is 4. The highest BCUT2D eigenvalue weighted by atomic mass is 19.1. The zero-order valence-corrected chi connectivity index (χ0v) is 42.7. The number of rotatable bonds is 15. The van der Waals surface area contributed by atoms with Gasteiger partial charge in [0.15, 0.2) is 6.23 Å². The van der Waals surface area contributed by atoms with E-state index >= 15 is 8.78 Å². The number of fused-ring (bicyclic) bond motifs is 4. The summed E-state index contributed by atoms with van der Waals surface area (Å²) in [5, 5.41) is 15.3. The molecule has 3 aliphatic heterocycles.